The van der Waals surface area contributed by atoms with Gasteiger partial charge in [-0.05, 0) is 42.9 Å². The minimum Gasteiger partial charge on any atom is -0.309 e. The second kappa shape index (κ2) is 5.99. The van der Waals surface area contributed by atoms with Gasteiger partial charge in [0, 0.05) is 15.1 Å². The zero-order chi connectivity index (χ0) is 14.0. The Morgan fingerprint density at radius 3 is 2.37 bits per heavy atom. The lowest BCUT2D eigenvalue weighted by Gasteiger charge is -2.20. The predicted octanol–water partition coefficient (Wildman–Crippen LogP) is 4.69. The molecule has 0 aromatic heterocycles. The number of halogens is 4. The molecule has 2 rings (SSSR count). The highest BCUT2D eigenvalue weighted by Crippen LogP contribution is 2.32. The first-order valence-corrected chi connectivity index (χ1v) is 6.77. The lowest BCUT2D eigenvalue weighted by atomic mass is 9.98. The van der Waals surface area contributed by atoms with Crippen LogP contribution < -0.4 is 5.32 Å². The van der Waals surface area contributed by atoms with Crippen LogP contribution in [0.15, 0.2) is 40.9 Å². The van der Waals surface area contributed by atoms with Gasteiger partial charge in [0.25, 0.3) is 0 Å². The summed E-state index contributed by atoms with van der Waals surface area (Å²) in [4.78, 5) is 0. The topological polar surface area (TPSA) is 12.0 Å². The zero-order valence-electron chi connectivity index (χ0n) is 10.1. The Bertz CT molecular complexity index is 584. The van der Waals surface area contributed by atoms with E-state index < -0.39 is 17.7 Å². The van der Waals surface area contributed by atoms with Gasteiger partial charge in [0.1, 0.15) is 11.6 Å². The fourth-order valence-electron chi connectivity index (χ4n) is 1.98. The van der Waals surface area contributed by atoms with E-state index in [0.29, 0.717) is 10.6 Å². The molecule has 0 saturated carbocycles. The third-order valence-corrected chi connectivity index (χ3v) is 3.68. The first-order chi connectivity index (χ1) is 9.04. The summed E-state index contributed by atoms with van der Waals surface area (Å²) in [5.41, 5.74) is 0.576. The molecule has 2 aromatic rings. The Kier molecular flexibility index (Phi) is 4.55. The second-order valence-electron chi connectivity index (χ2n) is 4.02. The monoisotopic (exact) mass is 345 g/mol. The fourth-order valence-corrected chi connectivity index (χ4v) is 2.58. The summed E-state index contributed by atoms with van der Waals surface area (Å²) in [6.07, 6.45) is 0. The standard InChI is InChI=1S/C14H11BrClF2N/c1-19-14(9-7-8(15)5-6-10(9)16)13-11(17)3-2-4-12(13)18/h2-7,14,19H,1H3. The molecule has 0 bridgehead atoms. The Morgan fingerprint density at radius 2 is 1.79 bits per heavy atom. The van der Waals surface area contributed by atoms with E-state index in [1.165, 1.54) is 18.2 Å². The average molecular weight is 347 g/mol. The van der Waals surface area contributed by atoms with Crippen molar-refractivity contribution in [3.63, 3.8) is 0 Å². The lowest BCUT2D eigenvalue weighted by molar-refractivity contribution is 0.522. The van der Waals surface area contributed by atoms with E-state index in [2.05, 4.69) is 21.2 Å². The molecule has 0 aliphatic heterocycles. The molecule has 0 aliphatic carbocycles. The average Bonchev–Trinajstić information content (AvgIpc) is 2.37. The van der Waals surface area contributed by atoms with Gasteiger partial charge in [0.2, 0.25) is 0 Å². The van der Waals surface area contributed by atoms with Crippen LogP contribution in [0.2, 0.25) is 5.02 Å². The van der Waals surface area contributed by atoms with E-state index in [9.17, 15) is 8.78 Å². The van der Waals surface area contributed by atoms with Crippen molar-refractivity contribution < 1.29 is 8.78 Å². The van der Waals surface area contributed by atoms with Crippen molar-refractivity contribution in [2.45, 2.75) is 6.04 Å². The van der Waals surface area contributed by atoms with Crippen LogP contribution in [0.4, 0.5) is 8.78 Å². The van der Waals surface area contributed by atoms with Crippen LogP contribution in [0, 0.1) is 11.6 Å². The third-order valence-electron chi connectivity index (χ3n) is 2.85. The predicted molar refractivity (Wildman–Crippen MR) is 76.4 cm³/mol. The van der Waals surface area contributed by atoms with Crippen molar-refractivity contribution >= 4 is 27.5 Å². The van der Waals surface area contributed by atoms with Gasteiger partial charge in [0.15, 0.2) is 0 Å². The van der Waals surface area contributed by atoms with Crippen molar-refractivity contribution in [1.29, 1.82) is 0 Å². The Hall–Kier alpha value is -0.970. The highest BCUT2D eigenvalue weighted by atomic mass is 79.9. The van der Waals surface area contributed by atoms with Gasteiger partial charge >= 0.3 is 0 Å². The molecule has 19 heavy (non-hydrogen) atoms. The summed E-state index contributed by atoms with van der Waals surface area (Å²) in [5, 5.41) is 3.35. The third kappa shape index (κ3) is 2.96. The molecule has 1 unspecified atom stereocenters. The molecule has 5 heteroatoms. The molecule has 0 saturated heterocycles. The fraction of sp³-hybridized carbons (Fsp3) is 0.143. The molecule has 0 aliphatic rings. The van der Waals surface area contributed by atoms with E-state index in [1.807, 2.05) is 0 Å². The number of hydrogen-bond donors (Lipinski definition) is 1. The normalized spacial score (nSPS) is 12.5. The molecule has 0 heterocycles. The van der Waals surface area contributed by atoms with E-state index in [4.69, 9.17) is 11.6 Å². The molecular weight excluding hydrogens is 336 g/mol. The van der Waals surface area contributed by atoms with Crippen molar-refractivity contribution in [3.8, 4) is 0 Å². The minimum atomic E-state index is -0.647. The molecule has 0 fully saturated rings. The van der Waals surface area contributed by atoms with Gasteiger partial charge in [-0.2, -0.15) is 0 Å². The van der Waals surface area contributed by atoms with Gasteiger partial charge < -0.3 is 5.32 Å². The smallest absolute Gasteiger partial charge is 0.131 e. The minimum absolute atomic E-state index is 0.0370. The quantitative estimate of drug-likeness (QED) is 0.850. The molecule has 1 atom stereocenters. The summed E-state index contributed by atoms with van der Waals surface area (Å²) in [7, 11) is 1.63. The first kappa shape index (κ1) is 14.4. The largest absolute Gasteiger partial charge is 0.309 e. The van der Waals surface area contributed by atoms with Crippen molar-refractivity contribution in [2.24, 2.45) is 0 Å². The highest BCUT2D eigenvalue weighted by Gasteiger charge is 2.22. The summed E-state index contributed by atoms with van der Waals surface area (Å²) in [6.45, 7) is 0. The first-order valence-electron chi connectivity index (χ1n) is 5.60. The van der Waals surface area contributed by atoms with Gasteiger partial charge in [-0.25, -0.2) is 8.78 Å². The molecule has 0 radical (unpaired) electrons. The molecule has 0 amide bonds. The molecule has 1 N–H and O–H groups in total. The van der Waals surface area contributed by atoms with Crippen LogP contribution in [0.3, 0.4) is 0 Å². The number of rotatable bonds is 3. The van der Waals surface area contributed by atoms with Gasteiger partial charge in [-0.1, -0.05) is 33.6 Å². The molecule has 0 spiro atoms. The van der Waals surface area contributed by atoms with Crippen LogP contribution in [0.5, 0.6) is 0 Å². The summed E-state index contributed by atoms with van der Waals surface area (Å²) in [5.74, 6) is -1.20. The SMILES string of the molecule is CNC(c1cc(Br)ccc1Cl)c1c(F)cccc1F. The van der Waals surface area contributed by atoms with Crippen LogP contribution in [0.1, 0.15) is 17.2 Å². The van der Waals surface area contributed by atoms with Crippen LogP contribution >= 0.6 is 27.5 Å². The van der Waals surface area contributed by atoms with Crippen LogP contribution in [0.25, 0.3) is 0 Å². The Balaban J connectivity index is 2.59. The zero-order valence-corrected chi connectivity index (χ0v) is 12.4. The maximum atomic E-state index is 13.9. The lowest BCUT2D eigenvalue weighted by Crippen LogP contribution is -2.20. The number of hydrogen-bond acceptors (Lipinski definition) is 1. The summed E-state index contributed by atoms with van der Waals surface area (Å²) >= 11 is 9.45. The Labute approximate surface area is 123 Å². The van der Waals surface area contributed by atoms with Crippen molar-refractivity contribution in [1.82, 2.24) is 5.32 Å². The van der Waals surface area contributed by atoms with Gasteiger partial charge in [-0.15, -0.1) is 0 Å². The summed E-state index contributed by atoms with van der Waals surface area (Å²) < 4.78 is 28.5. The number of benzene rings is 2. The molecule has 100 valence electrons. The number of nitrogens with one attached hydrogen (secondary N) is 1. The second-order valence-corrected chi connectivity index (χ2v) is 5.35. The van der Waals surface area contributed by atoms with Crippen molar-refractivity contribution in [2.75, 3.05) is 7.05 Å². The van der Waals surface area contributed by atoms with Crippen LogP contribution in [-0.2, 0) is 0 Å². The van der Waals surface area contributed by atoms with E-state index in [-0.39, 0.29) is 5.56 Å². The van der Waals surface area contributed by atoms with E-state index >= 15 is 0 Å². The Morgan fingerprint density at radius 1 is 1.16 bits per heavy atom. The highest BCUT2D eigenvalue weighted by molar-refractivity contribution is 9.10. The maximum absolute atomic E-state index is 13.9. The van der Waals surface area contributed by atoms with Crippen molar-refractivity contribution in [3.05, 3.63) is 68.7 Å². The molecular formula is C14H11BrClF2N. The van der Waals surface area contributed by atoms with E-state index in [1.54, 1.807) is 25.2 Å². The van der Waals surface area contributed by atoms with Crippen LogP contribution in [-0.4, -0.2) is 7.05 Å². The van der Waals surface area contributed by atoms with Gasteiger partial charge in [-0.3, -0.25) is 0 Å². The van der Waals surface area contributed by atoms with E-state index in [0.717, 1.165) is 4.47 Å². The maximum Gasteiger partial charge on any atom is 0.131 e. The molecule has 2 aromatic carbocycles. The summed E-state index contributed by atoms with van der Waals surface area (Å²) in [6, 6.07) is 8.36. The van der Waals surface area contributed by atoms with Gasteiger partial charge in [0.05, 0.1) is 6.04 Å². The molecule has 1 nitrogen and oxygen atoms in total.